The topological polar surface area (TPSA) is 95.9 Å². The lowest BCUT2D eigenvalue weighted by molar-refractivity contribution is -0.130. The van der Waals surface area contributed by atoms with E-state index in [9.17, 15) is 14.7 Å². The highest BCUT2D eigenvalue weighted by Crippen LogP contribution is 2.28. The lowest BCUT2D eigenvalue weighted by Crippen LogP contribution is -2.50. The van der Waals surface area contributed by atoms with Crippen LogP contribution in [-0.4, -0.2) is 75.6 Å². The summed E-state index contributed by atoms with van der Waals surface area (Å²) in [6, 6.07) is 16.7. The molecular formula is C30H34N4O4. The Kier molecular flexibility index (Phi) is 8.86. The van der Waals surface area contributed by atoms with Gasteiger partial charge in [0.2, 0.25) is 11.8 Å². The number of rotatable bonds is 8. The third-order valence-corrected chi connectivity index (χ3v) is 6.75. The third-order valence-electron chi connectivity index (χ3n) is 6.75. The highest BCUT2D eigenvalue weighted by atomic mass is 16.5. The van der Waals surface area contributed by atoms with Crippen molar-refractivity contribution < 1.29 is 19.4 Å². The molecular weight excluding hydrogens is 480 g/mol. The largest absolute Gasteiger partial charge is 0.472 e. The number of ether oxygens (including phenoxy) is 1. The first-order valence-electron chi connectivity index (χ1n) is 12.8. The molecule has 8 heteroatoms. The number of fused-ring (bicyclic) bond motifs is 1. The number of likely N-dealkylation sites (N-methyl/N-ethyl adjacent to an activating group) is 1. The number of nitrogens with zero attached hydrogens (tertiary/aromatic N) is 4. The summed E-state index contributed by atoms with van der Waals surface area (Å²) in [7, 11) is 1.74. The first kappa shape index (κ1) is 27.0. The van der Waals surface area contributed by atoms with Crippen molar-refractivity contribution in [1.29, 1.82) is 0 Å². The molecule has 0 aliphatic carbocycles. The minimum atomic E-state index is -0.411. The predicted molar refractivity (Wildman–Crippen MR) is 146 cm³/mol. The van der Waals surface area contributed by atoms with Gasteiger partial charge in [-0.15, -0.1) is 0 Å². The fraction of sp³-hybridized carbons (Fsp3) is 0.333. The van der Waals surface area contributed by atoms with Crippen molar-refractivity contribution >= 4 is 24.0 Å². The Bertz CT molecular complexity index is 1270. The summed E-state index contributed by atoms with van der Waals surface area (Å²) in [5.74, 6) is -0.212. The molecule has 2 aromatic heterocycles. The van der Waals surface area contributed by atoms with E-state index in [0.29, 0.717) is 24.3 Å². The fourth-order valence-electron chi connectivity index (χ4n) is 4.35. The molecule has 0 saturated heterocycles. The number of hydrogen-bond donors (Lipinski definition) is 1. The molecule has 1 aliphatic rings. The molecule has 1 N–H and O–H groups in total. The Labute approximate surface area is 223 Å². The van der Waals surface area contributed by atoms with Gasteiger partial charge in [0.15, 0.2) is 0 Å². The van der Waals surface area contributed by atoms with Crippen LogP contribution in [0.5, 0.6) is 5.88 Å². The molecule has 38 heavy (non-hydrogen) atoms. The van der Waals surface area contributed by atoms with Crippen LogP contribution in [-0.2, 0) is 11.2 Å². The quantitative estimate of drug-likeness (QED) is 0.494. The average Bonchev–Trinajstić information content (AvgIpc) is 2.94. The molecule has 1 aliphatic heterocycles. The molecule has 0 bridgehead atoms. The number of aromatic nitrogens is 2. The van der Waals surface area contributed by atoms with Crippen molar-refractivity contribution in [2.75, 3.05) is 26.7 Å². The van der Waals surface area contributed by atoms with Crippen LogP contribution >= 0.6 is 0 Å². The number of amides is 2. The zero-order chi connectivity index (χ0) is 27.1. The minimum Gasteiger partial charge on any atom is -0.472 e. The Balaban J connectivity index is 1.59. The molecule has 2 amide bonds. The van der Waals surface area contributed by atoms with Gasteiger partial charge in [0.25, 0.3) is 5.91 Å². The lowest BCUT2D eigenvalue weighted by atomic mass is 9.99. The number of pyridine rings is 2. The van der Waals surface area contributed by atoms with Crippen LogP contribution in [0.4, 0.5) is 0 Å². The summed E-state index contributed by atoms with van der Waals surface area (Å²) >= 11 is 0. The Morgan fingerprint density at radius 3 is 2.61 bits per heavy atom. The second-order valence-electron chi connectivity index (χ2n) is 9.76. The van der Waals surface area contributed by atoms with Crippen LogP contribution in [0.1, 0.15) is 41.0 Å². The molecule has 3 aromatic rings. The van der Waals surface area contributed by atoms with Crippen LogP contribution in [0.15, 0.2) is 67.0 Å². The van der Waals surface area contributed by atoms with E-state index in [2.05, 4.69) is 9.97 Å². The van der Waals surface area contributed by atoms with E-state index in [4.69, 9.17) is 4.74 Å². The summed E-state index contributed by atoms with van der Waals surface area (Å²) in [5.41, 5.74) is 2.83. The van der Waals surface area contributed by atoms with Crippen LogP contribution in [0, 0.1) is 5.92 Å². The zero-order valence-electron chi connectivity index (χ0n) is 22.0. The molecule has 0 fully saturated rings. The number of hydrogen-bond acceptors (Lipinski definition) is 6. The Hall–Kier alpha value is -4.04. The number of aliphatic hydroxyl groups excluding tert-OH is 1. The van der Waals surface area contributed by atoms with Crippen molar-refractivity contribution in [2.45, 2.75) is 32.4 Å². The van der Waals surface area contributed by atoms with Gasteiger partial charge in [0, 0.05) is 37.6 Å². The smallest absolute Gasteiger partial charge is 0.259 e. The number of carbonyl (C=O) groups is 2. The minimum absolute atomic E-state index is 0.0761. The molecule has 4 rings (SSSR count). The fourth-order valence-corrected chi connectivity index (χ4v) is 4.35. The van der Waals surface area contributed by atoms with Gasteiger partial charge in [-0.1, -0.05) is 55.5 Å². The van der Waals surface area contributed by atoms with Gasteiger partial charge < -0.3 is 19.6 Å². The molecule has 8 nitrogen and oxygen atoms in total. The van der Waals surface area contributed by atoms with Crippen molar-refractivity contribution in [1.82, 2.24) is 19.8 Å². The van der Waals surface area contributed by atoms with Gasteiger partial charge in [-0.3, -0.25) is 14.6 Å². The SMILES string of the molecule is C[C@@H]1CN([C@H](C)CO)C(=O)c2cc(/C=C/c3ccccc3)cnc2O[C@@H]1CN(C)C(=O)Cc1ccccn1. The summed E-state index contributed by atoms with van der Waals surface area (Å²) in [4.78, 5) is 38.6. The number of benzene rings is 1. The molecule has 3 atom stereocenters. The van der Waals surface area contributed by atoms with Crippen LogP contribution in [0.3, 0.4) is 0 Å². The number of carbonyl (C=O) groups excluding carboxylic acids is 2. The summed E-state index contributed by atoms with van der Waals surface area (Å²) < 4.78 is 6.32. The second kappa shape index (κ2) is 12.5. The Morgan fingerprint density at radius 2 is 1.89 bits per heavy atom. The summed E-state index contributed by atoms with van der Waals surface area (Å²) in [5, 5.41) is 9.88. The van der Waals surface area contributed by atoms with Gasteiger partial charge in [0.1, 0.15) is 11.7 Å². The second-order valence-corrected chi connectivity index (χ2v) is 9.76. The van der Waals surface area contributed by atoms with E-state index in [1.165, 1.54) is 0 Å². The maximum absolute atomic E-state index is 13.6. The lowest BCUT2D eigenvalue weighted by Gasteiger charge is -2.37. The molecule has 0 saturated carbocycles. The van der Waals surface area contributed by atoms with E-state index in [1.807, 2.05) is 74.5 Å². The van der Waals surface area contributed by atoms with Gasteiger partial charge in [-0.2, -0.15) is 0 Å². The summed E-state index contributed by atoms with van der Waals surface area (Å²) in [6.07, 6.45) is 6.98. The van der Waals surface area contributed by atoms with Gasteiger partial charge in [-0.25, -0.2) is 4.98 Å². The van der Waals surface area contributed by atoms with Gasteiger partial charge in [0.05, 0.1) is 25.6 Å². The van der Waals surface area contributed by atoms with Crippen molar-refractivity contribution in [3.8, 4) is 5.88 Å². The maximum Gasteiger partial charge on any atom is 0.259 e. The van der Waals surface area contributed by atoms with Gasteiger partial charge >= 0.3 is 0 Å². The van der Waals surface area contributed by atoms with E-state index in [0.717, 1.165) is 11.1 Å². The van der Waals surface area contributed by atoms with Crippen LogP contribution in [0.2, 0.25) is 0 Å². The van der Waals surface area contributed by atoms with Crippen LogP contribution in [0.25, 0.3) is 12.2 Å². The molecule has 0 unspecified atom stereocenters. The molecule has 3 heterocycles. The monoisotopic (exact) mass is 514 g/mol. The zero-order valence-corrected chi connectivity index (χ0v) is 22.0. The van der Waals surface area contributed by atoms with E-state index >= 15 is 0 Å². The van der Waals surface area contributed by atoms with Crippen molar-refractivity contribution in [3.63, 3.8) is 0 Å². The highest BCUT2D eigenvalue weighted by molar-refractivity contribution is 5.97. The van der Waals surface area contributed by atoms with Crippen molar-refractivity contribution in [2.24, 2.45) is 5.92 Å². The molecule has 1 aromatic carbocycles. The standard InChI is InChI=1S/C30H34N4O4/c1-21-18-34(22(2)20-35)30(37)26-15-24(13-12-23-9-5-4-6-10-23)17-32-29(26)38-27(21)19-33(3)28(36)16-25-11-7-8-14-31-25/h4-15,17,21-22,27,35H,16,18-20H2,1-3H3/b13-12+/t21-,22-,27-/m1/s1. The molecule has 198 valence electrons. The number of aliphatic hydroxyl groups is 1. The first-order valence-corrected chi connectivity index (χ1v) is 12.8. The Morgan fingerprint density at radius 1 is 1.16 bits per heavy atom. The molecule has 0 spiro atoms. The predicted octanol–water partition coefficient (Wildman–Crippen LogP) is 3.57. The van der Waals surface area contributed by atoms with Crippen LogP contribution < -0.4 is 4.74 Å². The third kappa shape index (κ3) is 6.63. The normalized spacial score (nSPS) is 18.3. The highest BCUT2D eigenvalue weighted by Gasteiger charge is 2.34. The molecule has 0 radical (unpaired) electrons. The van der Waals surface area contributed by atoms with Crippen molar-refractivity contribution in [3.05, 3.63) is 89.4 Å². The summed E-state index contributed by atoms with van der Waals surface area (Å²) in [6.45, 7) is 4.32. The van der Waals surface area contributed by atoms with E-state index < -0.39 is 6.10 Å². The van der Waals surface area contributed by atoms with Gasteiger partial charge in [-0.05, 0) is 36.2 Å². The van der Waals surface area contributed by atoms with E-state index in [-0.39, 0.29) is 42.7 Å². The average molecular weight is 515 g/mol. The van der Waals surface area contributed by atoms with E-state index in [1.54, 1.807) is 35.3 Å². The maximum atomic E-state index is 13.6. The first-order chi connectivity index (χ1) is 18.4.